The predicted molar refractivity (Wildman–Crippen MR) is 68.4 cm³/mol. The topological polar surface area (TPSA) is 75.4 Å². The largest absolute Gasteiger partial charge is 0.481 e. The van der Waals surface area contributed by atoms with Crippen molar-refractivity contribution >= 4 is 11.9 Å². The van der Waals surface area contributed by atoms with Gasteiger partial charge in [0.2, 0.25) is 5.91 Å². The Morgan fingerprint density at radius 3 is 2.95 bits per heavy atom. The van der Waals surface area contributed by atoms with E-state index in [2.05, 4.69) is 4.98 Å². The molecule has 1 aliphatic heterocycles. The maximum absolute atomic E-state index is 12.1. The molecule has 1 N–H and O–H groups in total. The fourth-order valence-electron chi connectivity index (χ4n) is 2.51. The first-order valence-corrected chi connectivity index (χ1v) is 6.60. The Hall–Kier alpha value is -1.85. The number of carbonyl (C=O) groups is 2. The van der Waals surface area contributed by atoms with Crippen LogP contribution < -0.4 is 0 Å². The van der Waals surface area contributed by atoms with Gasteiger partial charge in [-0.05, 0) is 18.8 Å². The monoisotopic (exact) mass is 265 g/mol. The van der Waals surface area contributed by atoms with Crippen molar-refractivity contribution in [3.63, 3.8) is 0 Å². The molecule has 0 spiro atoms. The van der Waals surface area contributed by atoms with Gasteiger partial charge in [0.1, 0.15) is 0 Å². The fourth-order valence-corrected chi connectivity index (χ4v) is 2.51. The van der Waals surface area contributed by atoms with Crippen LogP contribution in [0.25, 0.3) is 0 Å². The Balaban J connectivity index is 1.79. The van der Waals surface area contributed by atoms with Gasteiger partial charge >= 0.3 is 5.97 Å². The van der Waals surface area contributed by atoms with Crippen LogP contribution in [0.1, 0.15) is 25.7 Å². The fraction of sp³-hybridized carbons (Fsp3) is 0.615. The molecule has 0 radical (unpaired) electrons. The number of aliphatic carboxylic acids is 1. The molecule has 6 heteroatoms. The van der Waals surface area contributed by atoms with Crippen LogP contribution in [-0.4, -0.2) is 44.5 Å². The minimum Gasteiger partial charge on any atom is -0.481 e. The number of carbonyl (C=O) groups excluding carboxylic acids is 1. The van der Waals surface area contributed by atoms with E-state index in [1.54, 1.807) is 17.4 Å². The van der Waals surface area contributed by atoms with Crippen molar-refractivity contribution in [3.8, 4) is 0 Å². The van der Waals surface area contributed by atoms with Crippen molar-refractivity contribution in [1.82, 2.24) is 14.5 Å². The first-order chi connectivity index (χ1) is 9.15. The second-order valence-electron chi connectivity index (χ2n) is 5.00. The smallest absolute Gasteiger partial charge is 0.303 e. The zero-order valence-electron chi connectivity index (χ0n) is 10.9. The summed E-state index contributed by atoms with van der Waals surface area (Å²) in [6, 6.07) is 0. The molecule has 1 aliphatic rings. The predicted octanol–water partition coefficient (Wildman–Crippen LogP) is 0.986. The molecular formula is C13H19N3O3. The van der Waals surface area contributed by atoms with Gasteiger partial charge < -0.3 is 14.6 Å². The van der Waals surface area contributed by atoms with E-state index in [1.165, 1.54) is 0 Å². The minimum atomic E-state index is -0.780. The van der Waals surface area contributed by atoms with E-state index < -0.39 is 5.97 Å². The highest BCUT2D eigenvalue weighted by atomic mass is 16.4. The molecule has 104 valence electrons. The van der Waals surface area contributed by atoms with Crippen LogP contribution in [0.3, 0.4) is 0 Å². The first-order valence-electron chi connectivity index (χ1n) is 6.60. The van der Waals surface area contributed by atoms with Crippen LogP contribution >= 0.6 is 0 Å². The number of carboxylic acids is 1. The van der Waals surface area contributed by atoms with Crippen molar-refractivity contribution in [1.29, 1.82) is 0 Å². The molecule has 1 aromatic rings. The average molecular weight is 265 g/mol. The number of piperidine rings is 1. The van der Waals surface area contributed by atoms with Gasteiger partial charge in [-0.1, -0.05) is 0 Å². The summed E-state index contributed by atoms with van der Waals surface area (Å²) in [4.78, 5) is 28.5. The van der Waals surface area contributed by atoms with Crippen LogP contribution in [0.2, 0.25) is 0 Å². The molecule has 2 heterocycles. The van der Waals surface area contributed by atoms with Crippen LogP contribution in [0.15, 0.2) is 18.7 Å². The van der Waals surface area contributed by atoms with Gasteiger partial charge in [0, 0.05) is 44.9 Å². The second kappa shape index (κ2) is 6.36. The van der Waals surface area contributed by atoms with E-state index >= 15 is 0 Å². The lowest BCUT2D eigenvalue weighted by atomic mass is 9.94. The molecule has 1 aromatic heterocycles. The number of amides is 1. The number of likely N-dealkylation sites (tertiary alicyclic amines) is 1. The van der Waals surface area contributed by atoms with Crippen molar-refractivity contribution < 1.29 is 14.7 Å². The highest BCUT2D eigenvalue weighted by Gasteiger charge is 2.24. The second-order valence-corrected chi connectivity index (χ2v) is 5.00. The molecule has 1 atom stereocenters. The average Bonchev–Trinajstić information content (AvgIpc) is 2.88. The van der Waals surface area contributed by atoms with Gasteiger partial charge in [-0.2, -0.15) is 0 Å². The van der Waals surface area contributed by atoms with Gasteiger partial charge in [-0.3, -0.25) is 9.59 Å². The number of rotatable bonds is 5. The zero-order chi connectivity index (χ0) is 13.7. The quantitative estimate of drug-likeness (QED) is 0.861. The molecule has 0 bridgehead atoms. The van der Waals surface area contributed by atoms with E-state index in [4.69, 9.17) is 5.11 Å². The van der Waals surface area contributed by atoms with Gasteiger partial charge in [-0.15, -0.1) is 0 Å². The molecule has 1 fully saturated rings. The SMILES string of the molecule is O=C(O)CC1CCCN(C(=O)CCn2ccnc2)C1. The van der Waals surface area contributed by atoms with Crippen LogP contribution in [0.5, 0.6) is 0 Å². The van der Waals surface area contributed by atoms with Crippen LogP contribution in [0, 0.1) is 5.92 Å². The molecule has 0 saturated carbocycles. The molecule has 1 unspecified atom stereocenters. The Kier molecular flexibility index (Phi) is 4.54. The Labute approximate surface area is 112 Å². The van der Waals surface area contributed by atoms with E-state index in [-0.39, 0.29) is 18.2 Å². The van der Waals surface area contributed by atoms with Crippen LogP contribution in [0.4, 0.5) is 0 Å². The van der Waals surface area contributed by atoms with Gasteiger partial charge in [0.25, 0.3) is 0 Å². The maximum atomic E-state index is 12.1. The highest BCUT2D eigenvalue weighted by Crippen LogP contribution is 2.20. The molecule has 1 saturated heterocycles. The van der Waals surface area contributed by atoms with Gasteiger partial charge in [-0.25, -0.2) is 4.98 Å². The van der Waals surface area contributed by atoms with Crippen molar-refractivity contribution in [3.05, 3.63) is 18.7 Å². The number of nitrogens with zero attached hydrogens (tertiary/aromatic N) is 3. The number of carboxylic acid groups (broad SMARTS) is 1. The Morgan fingerprint density at radius 2 is 2.26 bits per heavy atom. The first kappa shape index (κ1) is 13.6. The summed E-state index contributed by atoms with van der Waals surface area (Å²) in [7, 11) is 0. The summed E-state index contributed by atoms with van der Waals surface area (Å²) in [5, 5.41) is 8.81. The summed E-state index contributed by atoms with van der Waals surface area (Å²) in [5.41, 5.74) is 0. The molecule has 19 heavy (non-hydrogen) atoms. The van der Waals surface area contributed by atoms with E-state index in [9.17, 15) is 9.59 Å². The lowest BCUT2D eigenvalue weighted by Crippen LogP contribution is -2.40. The summed E-state index contributed by atoms with van der Waals surface area (Å²) < 4.78 is 1.87. The summed E-state index contributed by atoms with van der Waals surface area (Å²) in [5.74, 6) is -0.579. The molecule has 0 aromatic carbocycles. The van der Waals surface area contributed by atoms with Crippen molar-refractivity contribution in [2.75, 3.05) is 13.1 Å². The van der Waals surface area contributed by atoms with Gasteiger partial charge in [0.15, 0.2) is 0 Å². The third-order valence-corrected chi connectivity index (χ3v) is 3.48. The molecule has 2 rings (SSSR count). The molecule has 0 aliphatic carbocycles. The standard InChI is InChI=1S/C13H19N3O3/c17-12(3-6-15-7-4-14-10-15)16-5-1-2-11(9-16)8-13(18)19/h4,7,10-11H,1-3,5-6,8-9H2,(H,18,19). The lowest BCUT2D eigenvalue weighted by Gasteiger charge is -2.32. The van der Waals surface area contributed by atoms with Crippen molar-refractivity contribution in [2.45, 2.75) is 32.2 Å². The zero-order valence-corrected chi connectivity index (χ0v) is 10.9. The molecular weight excluding hydrogens is 246 g/mol. The van der Waals surface area contributed by atoms with E-state index in [1.807, 2.05) is 10.8 Å². The Morgan fingerprint density at radius 1 is 1.42 bits per heavy atom. The normalized spacial score (nSPS) is 19.4. The number of imidazole rings is 1. The molecule has 6 nitrogen and oxygen atoms in total. The Bertz CT molecular complexity index is 430. The number of hydrogen-bond donors (Lipinski definition) is 1. The van der Waals surface area contributed by atoms with Crippen LogP contribution in [-0.2, 0) is 16.1 Å². The lowest BCUT2D eigenvalue weighted by molar-refractivity contribution is -0.140. The van der Waals surface area contributed by atoms with E-state index in [0.29, 0.717) is 19.5 Å². The summed E-state index contributed by atoms with van der Waals surface area (Å²) in [6.45, 7) is 1.95. The van der Waals surface area contributed by atoms with Crippen molar-refractivity contribution in [2.24, 2.45) is 5.92 Å². The summed E-state index contributed by atoms with van der Waals surface area (Å²) >= 11 is 0. The maximum Gasteiger partial charge on any atom is 0.303 e. The number of hydrogen-bond acceptors (Lipinski definition) is 3. The van der Waals surface area contributed by atoms with Gasteiger partial charge in [0.05, 0.1) is 6.33 Å². The van der Waals surface area contributed by atoms with E-state index in [0.717, 1.165) is 19.4 Å². The third kappa shape index (κ3) is 4.08. The summed E-state index contributed by atoms with van der Waals surface area (Å²) in [6.07, 6.45) is 7.61. The number of aromatic nitrogens is 2. The minimum absolute atomic E-state index is 0.100. The number of aryl methyl sites for hydroxylation is 1. The molecule has 1 amide bonds. The highest BCUT2D eigenvalue weighted by molar-refractivity contribution is 5.76. The third-order valence-electron chi connectivity index (χ3n) is 3.48.